The molecule has 0 unspecified atom stereocenters. The van der Waals surface area contributed by atoms with Gasteiger partial charge >= 0.3 is 6.18 Å². The van der Waals surface area contributed by atoms with Crippen LogP contribution in [0.15, 0.2) is 48.5 Å². The first-order valence-electron chi connectivity index (χ1n) is 8.34. The van der Waals surface area contributed by atoms with Crippen LogP contribution in [0.1, 0.15) is 34.3 Å². The van der Waals surface area contributed by atoms with E-state index < -0.39 is 17.6 Å². The highest BCUT2D eigenvalue weighted by Gasteiger charge is 2.31. The maximum atomic E-state index is 12.9. The van der Waals surface area contributed by atoms with Crippen LogP contribution >= 0.6 is 12.4 Å². The van der Waals surface area contributed by atoms with Crippen LogP contribution < -0.4 is 16.4 Å². The van der Waals surface area contributed by atoms with E-state index in [1.54, 1.807) is 30.3 Å². The molecule has 0 fully saturated rings. The summed E-state index contributed by atoms with van der Waals surface area (Å²) in [5, 5.41) is 5.12. The Morgan fingerprint density at radius 1 is 1.04 bits per heavy atom. The fraction of sp³-hybridized carbons (Fsp3) is 0.263. The predicted molar refractivity (Wildman–Crippen MR) is 103 cm³/mol. The minimum atomic E-state index is -4.52. The highest BCUT2D eigenvalue weighted by Crippen LogP contribution is 2.32. The lowest BCUT2D eigenvalue weighted by atomic mass is 10.1. The van der Waals surface area contributed by atoms with E-state index in [2.05, 4.69) is 10.6 Å². The number of halogens is 4. The van der Waals surface area contributed by atoms with Crippen molar-refractivity contribution in [2.45, 2.75) is 25.6 Å². The Morgan fingerprint density at radius 2 is 1.71 bits per heavy atom. The van der Waals surface area contributed by atoms with Crippen LogP contribution in [-0.2, 0) is 17.5 Å². The molecule has 9 heteroatoms. The molecule has 0 aliphatic carbocycles. The maximum Gasteiger partial charge on any atom is 0.416 e. The number of hydrogen-bond acceptors (Lipinski definition) is 3. The molecule has 2 aromatic carbocycles. The van der Waals surface area contributed by atoms with Gasteiger partial charge in [0.2, 0.25) is 5.91 Å². The highest BCUT2D eigenvalue weighted by atomic mass is 35.5. The standard InChI is InChI=1S/C19H20F3N3O2.ClH/c20-19(21,22)15-9-13(12-23)10-16(11-15)25-17(26)7-4-8-24-18(27)14-5-2-1-3-6-14;/h1-3,5-6,9-11H,4,7-8,12,23H2,(H,24,27)(H,25,26);1H. The Labute approximate surface area is 166 Å². The number of nitrogens with two attached hydrogens (primary N) is 1. The first-order valence-corrected chi connectivity index (χ1v) is 8.34. The van der Waals surface area contributed by atoms with Crippen molar-refractivity contribution in [1.82, 2.24) is 5.32 Å². The molecule has 0 heterocycles. The van der Waals surface area contributed by atoms with Gasteiger partial charge in [-0.1, -0.05) is 18.2 Å². The van der Waals surface area contributed by atoms with Gasteiger partial charge in [0.15, 0.2) is 0 Å². The SMILES string of the molecule is Cl.NCc1cc(NC(=O)CCCNC(=O)c2ccccc2)cc(C(F)(F)F)c1. The fourth-order valence-electron chi connectivity index (χ4n) is 2.41. The number of alkyl halides is 3. The first kappa shape index (κ1) is 23.5. The van der Waals surface area contributed by atoms with Gasteiger partial charge in [-0.05, 0) is 42.3 Å². The lowest BCUT2D eigenvalue weighted by Gasteiger charge is -2.12. The molecule has 0 aromatic heterocycles. The molecular formula is C19H21ClF3N3O2. The lowest BCUT2D eigenvalue weighted by molar-refractivity contribution is -0.137. The van der Waals surface area contributed by atoms with Gasteiger partial charge in [-0.2, -0.15) is 13.2 Å². The number of carbonyl (C=O) groups excluding carboxylic acids is 2. The van der Waals surface area contributed by atoms with Gasteiger partial charge in [0, 0.05) is 30.8 Å². The van der Waals surface area contributed by atoms with Gasteiger partial charge in [-0.15, -0.1) is 12.4 Å². The minimum absolute atomic E-state index is 0. The molecule has 0 saturated heterocycles. The molecule has 28 heavy (non-hydrogen) atoms. The second-order valence-electron chi connectivity index (χ2n) is 5.89. The summed E-state index contributed by atoms with van der Waals surface area (Å²) in [5.74, 6) is -0.687. The lowest BCUT2D eigenvalue weighted by Crippen LogP contribution is -2.25. The van der Waals surface area contributed by atoms with Gasteiger partial charge in [0.05, 0.1) is 5.56 Å². The molecular weight excluding hydrogens is 395 g/mol. The average Bonchev–Trinajstić information content (AvgIpc) is 2.64. The zero-order valence-electron chi connectivity index (χ0n) is 14.9. The van der Waals surface area contributed by atoms with Crippen LogP contribution in [0.4, 0.5) is 18.9 Å². The Morgan fingerprint density at radius 3 is 2.32 bits per heavy atom. The van der Waals surface area contributed by atoms with Gasteiger partial charge in [0.25, 0.3) is 5.91 Å². The average molecular weight is 416 g/mol. The Bertz CT molecular complexity index is 799. The van der Waals surface area contributed by atoms with Gasteiger partial charge < -0.3 is 16.4 Å². The normalized spacial score (nSPS) is 10.7. The highest BCUT2D eigenvalue weighted by molar-refractivity contribution is 5.94. The van der Waals surface area contributed by atoms with E-state index in [1.165, 1.54) is 6.07 Å². The van der Waals surface area contributed by atoms with Crippen molar-refractivity contribution >= 4 is 29.9 Å². The maximum absolute atomic E-state index is 12.9. The second-order valence-corrected chi connectivity index (χ2v) is 5.89. The van der Waals surface area contributed by atoms with E-state index in [0.29, 0.717) is 12.0 Å². The zero-order valence-corrected chi connectivity index (χ0v) is 15.7. The second kappa shape index (κ2) is 10.7. The van der Waals surface area contributed by atoms with Crippen LogP contribution in [0.2, 0.25) is 0 Å². The predicted octanol–water partition coefficient (Wildman–Crippen LogP) is 3.73. The van der Waals surface area contributed by atoms with Gasteiger partial charge in [-0.3, -0.25) is 9.59 Å². The molecule has 0 bridgehead atoms. The van der Waals surface area contributed by atoms with Crippen molar-refractivity contribution < 1.29 is 22.8 Å². The third-order valence-electron chi connectivity index (χ3n) is 3.74. The molecule has 0 spiro atoms. The number of anilines is 1. The van der Waals surface area contributed by atoms with Crippen molar-refractivity contribution in [3.63, 3.8) is 0 Å². The van der Waals surface area contributed by atoms with E-state index in [-0.39, 0.29) is 49.1 Å². The summed E-state index contributed by atoms with van der Waals surface area (Å²) in [6.07, 6.45) is -4.11. The number of rotatable bonds is 7. The molecule has 0 atom stereocenters. The first-order chi connectivity index (χ1) is 12.8. The molecule has 2 aromatic rings. The summed E-state index contributed by atoms with van der Waals surface area (Å²) >= 11 is 0. The molecule has 0 aliphatic rings. The topological polar surface area (TPSA) is 84.2 Å². The van der Waals surface area contributed by atoms with Crippen molar-refractivity contribution in [2.24, 2.45) is 5.73 Å². The molecule has 4 N–H and O–H groups in total. The number of benzene rings is 2. The molecule has 2 amide bonds. The van der Waals surface area contributed by atoms with Crippen molar-refractivity contribution in [3.05, 3.63) is 65.2 Å². The van der Waals surface area contributed by atoms with Crippen molar-refractivity contribution in [3.8, 4) is 0 Å². The Kier molecular flexibility index (Phi) is 8.94. The summed E-state index contributed by atoms with van der Waals surface area (Å²) < 4.78 is 38.7. The molecule has 152 valence electrons. The summed E-state index contributed by atoms with van der Waals surface area (Å²) in [6.45, 7) is 0.204. The zero-order chi connectivity index (χ0) is 19.9. The van der Waals surface area contributed by atoms with Crippen LogP contribution in [-0.4, -0.2) is 18.4 Å². The summed E-state index contributed by atoms with van der Waals surface area (Å²) in [4.78, 5) is 23.8. The van der Waals surface area contributed by atoms with Gasteiger partial charge in [-0.25, -0.2) is 0 Å². The monoisotopic (exact) mass is 415 g/mol. The Balaban J connectivity index is 0.00000392. The molecule has 2 rings (SSSR count). The third kappa shape index (κ3) is 7.21. The summed E-state index contributed by atoms with van der Waals surface area (Å²) in [7, 11) is 0. The van der Waals surface area contributed by atoms with Crippen LogP contribution in [0.25, 0.3) is 0 Å². The minimum Gasteiger partial charge on any atom is -0.352 e. The van der Waals surface area contributed by atoms with E-state index in [9.17, 15) is 22.8 Å². The van der Waals surface area contributed by atoms with Crippen molar-refractivity contribution in [1.29, 1.82) is 0 Å². The summed E-state index contributed by atoms with van der Waals surface area (Å²) in [5.41, 5.74) is 5.38. The van der Waals surface area contributed by atoms with Crippen molar-refractivity contribution in [2.75, 3.05) is 11.9 Å². The number of amides is 2. The van der Waals surface area contributed by atoms with Crippen LogP contribution in [0.3, 0.4) is 0 Å². The quantitative estimate of drug-likeness (QED) is 0.602. The van der Waals surface area contributed by atoms with Crippen LogP contribution in [0.5, 0.6) is 0 Å². The fourth-order valence-corrected chi connectivity index (χ4v) is 2.41. The van der Waals surface area contributed by atoms with E-state index >= 15 is 0 Å². The number of carbonyl (C=O) groups is 2. The molecule has 5 nitrogen and oxygen atoms in total. The van der Waals surface area contributed by atoms with E-state index in [0.717, 1.165) is 12.1 Å². The number of nitrogens with one attached hydrogen (secondary N) is 2. The Hall–Kier alpha value is -2.58. The molecule has 0 saturated carbocycles. The van der Waals surface area contributed by atoms with Gasteiger partial charge in [0.1, 0.15) is 0 Å². The summed E-state index contributed by atoms with van der Waals surface area (Å²) in [6, 6.07) is 11.9. The van der Waals surface area contributed by atoms with E-state index in [1.807, 2.05) is 0 Å². The van der Waals surface area contributed by atoms with E-state index in [4.69, 9.17) is 5.73 Å². The number of hydrogen-bond donors (Lipinski definition) is 3. The smallest absolute Gasteiger partial charge is 0.352 e. The largest absolute Gasteiger partial charge is 0.416 e. The molecule has 0 radical (unpaired) electrons. The molecule has 0 aliphatic heterocycles. The van der Waals surface area contributed by atoms with Crippen LogP contribution in [0, 0.1) is 0 Å². The third-order valence-corrected chi connectivity index (χ3v) is 3.74.